The molecule has 1 aromatic rings. The fourth-order valence-corrected chi connectivity index (χ4v) is 1.94. The van der Waals surface area contributed by atoms with Crippen LogP contribution in [-0.4, -0.2) is 30.6 Å². The Morgan fingerprint density at radius 1 is 1.47 bits per heavy atom. The van der Waals surface area contributed by atoms with Crippen LogP contribution in [0.15, 0.2) is 24.3 Å². The molecule has 0 fully saturated rings. The molecule has 5 heteroatoms. The van der Waals surface area contributed by atoms with Crippen molar-refractivity contribution in [1.29, 1.82) is 0 Å². The van der Waals surface area contributed by atoms with E-state index in [1.165, 1.54) is 0 Å². The first-order valence-electron chi connectivity index (χ1n) is 6.14. The molecule has 1 aromatic carbocycles. The lowest BCUT2D eigenvalue weighted by Crippen LogP contribution is -2.30. The summed E-state index contributed by atoms with van der Waals surface area (Å²) in [7, 11) is 1.64. The van der Waals surface area contributed by atoms with Crippen molar-refractivity contribution in [1.82, 2.24) is 5.32 Å². The number of amides is 1. The van der Waals surface area contributed by atoms with Gasteiger partial charge in [-0.2, -0.15) is 0 Å². The molecule has 1 atom stereocenters. The molecular weight excluding hydrogens is 246 g/mol. The summed E-state index contributed by atoms with van der Waals surface area (Å²) in [5.41, 5.74) is 2.11. The number of hydrogen-bond donors (Lipinski definition) is 2. The van der Waals surface area contributed by atoms with Gasteiger partial charge in [0.05, 0.1) is 6.61 Å². The van der Waals surface area contributed by atoms with Crippen molar-refractivity contribution in [2.75, 3.05) is 7.11 Å². The standard InChI is InChI=1S/C14H19NO4/c1-19-9-12-4-2-3-11(7-12)8-13(15-10-16)5-6-14(17)18/h2-4,7,10,13H,5-6,8-9H2,1H3,(H,15,16)(H,17,18). The first-order valence-corrected chi connectivity index (χ1v) is 6.14. The molecule has 0 heterocycles. The molecule has 0 spiro atoms. The van der Waals surface area contributed by atoms with E-state index < -0.39 is 5.97 Å². The summed E-state index contributed by atoms with van der Waals surface area (Å²) in [6.07, 6.45) is 1.70. The zero-order chi connectivity index (χ0) is 14.1. The first-order chi connectivity index (χ1) is 9.15. The summed E-state index contributed by atoms with van der Waals surface area (Å²) >= 11 is 0. The van der Waals surface area contributed by atoms with Crippen LogP contribution in [0, 0.1) is 0 Å². The van der Waals surface area contributed by atoms with Gasteiger partial charge in [-0.05, 0) is 24.0 Å². The van der Waals surface area contributed by atoms with Gasteiger partial charge < -0.3 is 15.2 Å². The van der Waals surface area contributed by atoms with Gasteiger partial charge in [0, 0.05) is 19.6 Å². The summed E-state index contributed by atoms with van der Waals surface area (Å²) in [5.74, 6) is -0.856. The van der Waals surface area contributed by atoms with Crippen LogP contribution in [-0.2, 0) is 27.4 Å². The molecule has 1 rings (SSSR count). The Kier molecular flexibility index (Phi) is 6.60. The molecule has 0 radical (unpaired) electrons. The van der Waals surface area contributed by atoms with E-state index in [9.17, 15) is 9.59 Å². The topological polar surface area (TPSA) is 75.6 Å². The van der Waals surface area contributed by atoms with Crippen molar-refractivity contribution in [2.45, 2.75) is 31.9 Å². The second-order valence-corrected chi connectivity index (χ2v) is 4.37. The van der Waals surface area contributed by atoms with Crippen molar-refractivity contribution >= 4 is 12.4 Å². The number of nitrogens with one attached hydrogen (secondary N) is 1. The third-order valence-corrected chi connectivity index (χ3v) is 2.79. The average Bonchev–Trinajstić information content (AvgIpc) is 2.37. The molecule has 0 aliphatic heterocycles. The third-order valence-electron chi connectivity index (χ3n) is 2.79. The highest BCUT2D eigenvalue weighted by Crippen LogP contribution is 2.11. The van der Waals surface area contributed by atoms with Crippen LogP contribution in [0.1, 0.15) is 24.0 Å². The monoisotopic (exact) mass is 265 g/mol. The number of rotatable bonds is 9. The number of ether oxygens (including phenoxy) is 1. The Morgan fingerprint density at radius 3 is 2.84 bits per heavy atom. The minimum Gasteiger partial charge on any atom is -0.481 e. The Morgan fingerprint density at radius 2 is 2.21 bits per heavy atom. The summed E-state index contributed by atoms with van der Waals surface area (Å²) in [4.78, 5) is 21.1. The Hall–Kier alpha value is -1.88. The number of carboxylic acid groups (broad SMARTS) is 1. The molecule has 1 amide bonds. The number of carbonyl (C=O) groups excluding carboxylic acids is 1. The van der Waals surface area contributed by atoms with E-state index in [0.29, 0.717) is 25.9 Å². The predicted molar refractivity (Wildman–Crippen MR) is 70.7 cm³/mol. The molecule has 0 aliphatic rings. The largest absolute Gasteiger partial charge is 0.481 e. The van der Waals surface area contributed by atoms with E-state index in [0.717, 1.165) is 11.1 Å². The fraction of sp³-hybridized carbons (Fsp3) is 0.429. The molecule has 104 valence electrons. The number of hydrogen-bond acceptors (Lipinski definition) is 3. The molecule has 0 saturated heterocycles. The summed E-state index contributed by atoms with van der Waals surface area (Å²) < 4.78 is 5.06. The lowest BCUT2D eigenvalue weighted by molar-refractivity contribution is -0.137. The van der Waals surface area contributed by atoms with E-state index in [-0.39, 0.29) is 12.5 Å². The van der Waals surface area contributed by atoms with Gasteiger partial charge in [-0.3, -0.25) is 9.59 Å². The smallest absolute Gasteiger partial charge is 0.303 e. The molecule has 2 N–H and O–H groups in total. The molecule has 0 saturated carbocycles. The summed E-state index contributed by atoms with van der Waals surface area (Å²) in [5, 5.41) is 11.3. The van der Waals surface area contributed by atoms with Crippen LogP contribution < -0.4 is 5.32 Å². The van der Waals surface area contributed by atoms with E-state index in [1.54, 1.807) is 7.11 Å². The Balaban J connectivity index is 2.63. The Bertz CT molecular complexity index is 420. The molecule has 0 aliphatic carbocycles. The number of carboxylic acids is 1. The number of carbonyl (C=O) groups is 2. The summed E-state index contributed by atoms with van der Waals surface area (Å²) in [6.45, 7) is 0.536. The van der Waals surface area contributed by atoms with E-state index in [2.05, 4.69) is 5.32 Å². The van der Waals surface area contributed by atoms with Crippen molar-refractivity contribution in [3.8, 4) is 0 Å². The maximum absolute atomic E-state index is 10.6. The Labute approximate surface area is 112 Å². The lowest BCUT2D eigenvalue weighted by atomic mass is 10.0. The zero-order valence-electron chi connectivity index (χ0n) is 11.0. The second kappa shape index (κ2) is 8.26. The van der Waals surface area contributed by atoms with Crippen molar-refractivity contribution in [3.63, 3.8) is 0 Å². The van der Waals surface area contributed by atoms with Gasteiger partial charge in [0.25, 0.3) is 0 Å². The minimum absolute atomic E-state index is 0.0449. The van der Waals surface area contributed by atoms with Crippen molar-refractivity contribution in [2.24, 2.45) is 0 Å². The predicted octanol–water partition coefficient (Wildman–Crippen LogP) is 1.35. The van der Waals surface area contributed by atoms with Crippen LogP contribution in [0.25, 0.3) is 0 Å². The average molecular weight is 265 g/mol. The molecule has 0 bridgehead atoms. The first kappa shape index (κ1) is 15.2. The number of methoxy groups -OCH3 is 1. The highest BCUT2D eigenvalue weighted by atomic mass is 16.5. The van der Waals surface area contributed by atoms with Crippen LogP contribution in [0.4, 0.5) is 0 Å². The normalized spacial score (nSPS) is 11.8. The van der Waals surface area contributed by atoms with E-state index >= 15 is 0 Å². The highest BCUT2D eigenvalue weighted by molar-refractivity contribution is 5.66. The van der Waals surface area contributed by atoms with Gasteiger partial charge in [-0.25, -0.2) is 0 Å². The van der Waals surface area contributed by atoms with Crippen LogP contribution in [0.3, 0.4) is 0 Å². The van der Waals surface area contributed by atoms with Crippen LogP contribution in [0.5, 0.6) is 0 Å². The third kappa shape index (κ3) is 6.01. The zero-order valence-corrected chi connectivity index (χ0v) is 11.0. The minimum atomic E-state index is -0.856. The van der Waals surface area contributed by atoms with Crippen molar-refractivity contribution < 1.29 is 19.4 Å². The van der Waals surface area contributed by atoms with Gasteiger partial charge in [-0.15, -0.1) is 0 Å². The number of benzene rings is 1. The van der Waals surface area contributed by atoms with Gasteiger partial charge in [0.1, 0.15) is 0 Å². The highest BCUT2D eigenvalue weighted by Gasteiger charge is 2.11. The van der Waals surface area contributed by atoms with Gasteiger partial charge >= 0.3 is 5.97 Å². The molecule has 19 heavy (non-hydrogen) atoms. The van der Waals surface area contributed by atoms with Gasteiger partial charge in [0.15, 0.2) is 0 Å². The lowest BCUT2D eigenvalue weighted by Gasteiger charge is -2.15. The quantitative estimate of drug-likeness (QED) is 0.661. The van der Waals surface area contributed by atoms with Gasteiger partial charge in [-0.1, -0.05) is 24.3 Å². The maximum atomic E-state index is 10.6. The van der Waals surface area contributed by atoms with Gasteiger partial charge in [0.2, 0.25) is 6.41 Å². The van der Waals surface area contributed by atoms with E-state index in [1.807, 2.05) is 24.3 Å². The van der Waals surface area contributed by atoms with Crippen LogP contribution >= 0.6 is 0 Å². The number of aliphatic carboxylic acids is 1. The molecule has 5 nitrogen and oxygen atoms in total. The van der Waals surface area contributed by atoms with Crippen LogP contribution in [0.2, 0.25) is 0 Å². The summed E-state index contributed by atoms with van der Waals surface area (Å²) in [6, 6.07) is 7.69. The molecular formula is C14H19NO4. The maximum Gasteiger partial charge on any atom is 0.303 e. The SMILES string of the molecule is COCc1cccc(CC(CCC(=O)O)NC=O)c1. The molecule has 0 aromatic heterocycles. The molecule has 1 unspecified atom stereocenters. The second-order valence-electron chi connectivity index (χ2n) is 4.37. The van der Waals surface area contributed by atoms with E-state index in [4.69, 9.17) is 9.84 Å². The van der Waals surface area contributed by atoms with Crippen molar-refractivity contribution in [3.05, 3.63) is 35.4 Å². The fourth-order valence-electron chi connectivity index (χ4n) is 1.94.